The van der Waals surface area contributed by atoms with Gasteiger partial charge < -0.3 is 19.7 Å². The third kappa shape index (κ3) is 6.15. The van der Waals surface area contributed by atoms with Gasteiger partial charge in [-0.05, 0) is 42.5 Å². The summed E-state index contributed by atoms with van der Waals surface area (Å²) in [5.41, 5.74) is 3.32. The van der Waals surface area contributed by atoms with E-state index in [1.165, 1.54) is 12.0 Å². The molecule has 0 bridgehead atoms. The quantitative estimate of drug-likeness (QED) is 0.412. The van der Waals surface area contributed by atoms with E-state index in [0.717, 1.165) is 75.0 Å². The van der Waals surface area contributed by atoms with Crippen molar-refractivity contribution in [1.82, 2.24) is 19.9 Å². The van der Waals surface area contributed by atoms with E-state index in [1.807, 2.05) is 24.3 Å². The Bertz CT molecular complexity index is 1330. The summed E-state index contributed by atoms with van der Waals surface area (Å²) in [7, 11) is 1.77. The van der Waals surface area contributed by atoms with Gasteiger partial charge in [-0.3, -0.25) is 4.90 Å². The van der Waals surface area contributed by atoms with E-state index in [4.69, 9.17) is 13.7 Å². The van der Waals surface area contributed by atoms with Crippen LogP contribution in [0, 0.1) is 11.3 Å². The lowest BCUT2D eigenvalue weighted by molar-refractivity contribution is -0.0660. The molecule has 11 heteroatoms. The molecule has 0 radical (unpaired) electrons. The van der Waals surface area contributed by atoms with Crippen molar-refractivity contribution in [3.05, 3.63) is 54.4 Å². The van der Waals surface area contributed by atoms with E-state index in [-0.39, 0.29) is 17.3 Å². The molecule has 3 saturated heterocycles. The van der Waals surface area contributed by atoms with E-state index < -0.39 is 0 Å². The van der Waals surface area contributed by atoms with E-state index in [0.29, 0.717) is 29.1 Å². The van der Waals surface area contributed by atoms with Gasteiger partial charge in [-0.15, -0.1) is 0 Å². The fraction of sp³-hybridized carbons (Fsp3) is 0.448. The van der Waals surface area contributed by atoms with Gasteiger partial charge in [0.05, 0.1) is 31.9 Å². The lowest BCUT2D eigenvalue weighted by Gasteiger charge is -2.43. The molecule has 0 atom stereocenters. The molecule has 6 rings (SSSR count). The Labute approximate surface area is 237 Å². The number of ether oxygens (including phenoxy) is 2. The second kappa shape index (κ2) is 12.4. The number of nitrogens with one attached hydrogen (secondary N) is 1. The van der Waals surface area contributed by atoms with Crippen molar-refractivity contribution in [2.75, 3.05) is 68.2 Å². The highest BCUT2D eigenvalue weighted by Crippen LogP contribution is 2.29. The van der Waals surface area contributed by atoms with E-state index in [9.17, 15) is 5.26 Å². The van der Waals surface area contributed by atoms with Crippen molar-refractivity contribution in [3.8, 4) is 23.2 Å². The minimum absolute atomic E-state index is 0.0321. The van der Waals surface area contributed by atoms with Crippen LogP contribution in [0.25, 0.3) is 11.4 Å². The average Bonchev–Trinajstić information content (AvgIpc) is 2.98. The van der Waals surface area contributed by atoms with Crippen LogP contribution < -0.4 is 15.0 Å². The fourth-order valence-electron chi connectivity index (χ4n) is 5.26. The first-order chi connectivity index (χ1) is 19.7. The third-order valence-corrected chi connectivity index (χ3v) is 9.59. The van der Waals surface area contributed by atoms with Crippen LogP contribution in [-0.4, -0.2) is 90.0 Å². The molecule has 4 heterocycles. The van der Waals surface area contributed by atoms with Gasteiger partial charge in [-0.2, -0.15) is 14.4 Å². The van der Waals surface area contributed by atoms with Gasteiger partial charge >= 0.3 is 0 Å². The number of piperazine rings is 1. The molecule has 2 aromatic carbocycles. The topological polar surface area (TPSA) is 109 Å². The van der Waals surface area contributed by atoms with Gasteiger partial charge in [0.2, 0.25) is 5.95 Å². The smallest absolute Gasteiger partial charge is 0.230 e. The van der Waals surface area contributed by atoms with Gasteiger partial charge in [-0.1, -0.05) is 0 Å². The zero-order valence-electron chi connectivity index (χ0n) is 22.7. The molecule has 3 aliphatic heterocycles. The van der Waals surface area contributed by atoms with Crippen LogP contribution >= 0.6 is 0 Å². The van der Waals surface area contributed by atoms with Crippen LogP contribution in [0.1, 0.15) is 18.4 Å². The molecule has 0 unspecified atom stereocenters. The van der Waals surface area contributed by atoms with Crippen LogP contribution in [0.3, 0.4) is 0 Å². The summed E-state index contributed by atoms with van der Waals surface area (Å²) in [6, 6.07) is 16.7. The van der Waals surface area contributed by atoms with Crippen LogP contribution in [0.5, 0.6) is 5.75 Å². The van der Waals surface area contributed by atoms with E-state index in [1.54, 1.807) is 13.2 Å². The first-order valence-corrected chi connectivity index (χ1v) is 15.2. The van der Waals surface area contributed by atoms with Crippen molar-refractivity contribution in [3.63, 3.8) is 0 Å². The van der Waals surface area contributed by atoms with Crippen LogP contribution in [0.15, 0.2) is 48.8 Å². The second-order valence-corrected chi connectivity index (χ2v) is 12.2. The number of nitriles is 1. The van der Waals surface area contributed by atoms with Crippen molar-refractivity contribution in [2.45, 2.75) is 25.0 Å². The lowest BCUT2D eigenvalue weighted by atomic mass is 10.1. The summed E-state index contributed by atoms with van der Waals surface area (Å²) in [6.45, 7) is 5.91. The second-order valence-electron chi connectivity index (χ2n) is 10.2. The molecule has 10 nitrogen and oxygen atoms in total. The average molecular weight is 561 g/mol. The van der Waals surface area contributed by atoms with Gasteiger partial charge in [0.25, 0.3) is 0 Å². The molecular weight excluding hydrogens is 526 g/mol. The number of benzene rings is 2. The van der Waals surface area contributed by atoms with Crippen LogP contribution in [0.4, 0.5) is 17.3 Å². The number of aromatic nitrogens is 3. The summed E-state index contributed by atoms with van der Waals surface area (Å²) < 4.78 is 17.0. The zero-order valence-corrected chi connectivity index (χ0v) is 23.5. The highest BCUT2D eigenvalue weighted by Gasteiger charge is 2.31. The standard InChI is InChI=1S/C29H34N7O3S/c1-37-40-14-8-26(9-15-40)39-27-7-2-21(16-22(27)17-30)28-31-20-32-29(34-28)33-23-3-5-24(6-4-23)35-10-12-36(13-11-35)25-18-38-19-25/h2-7,16,20,25-26H,8-15,18-19H2,1H3,(H,31,32,33,34)/q+1. The molecular formula is C29H34N7O3S+. The lowest BCUT2D eigenvalue weighted by Crippen LogP contribution is -2.56. The summed E-state index contributed by atoms with van der Waals surface area (Å²) in [5.74, 6) is 3.54. The van der Waals surface area contributed by atoms with Crippen molar-refractivity contribution in [2.24, 2.45) is 0 Å². The molecule has 208 valence electrons. The molecule has 0 amide bonds. The molecule has 3 aromatic rings. The number of nitrogens with zero attached hydrogens (tertiary/aromatic N) is 6. The van der Waals surface area contributed by atoms with Gasteiger partial charge in [-0.25, -0.2) is 9.97 Å². The molecule has 40 heavy (non-hydrogen) atoms. The molecule has 1 N–H and O–H groups in total. The van der Waals surface area contributed by atoms with Crippen LogP contribution in [0.2, 0.25) is 0 Å². The Morgan fingerprint density at radius 1 is 1.02 bits per heavy atom. The highest BCUT2D eigenvalue weighted by molar-refractivity contribution is 7.92. The number of rotatable bonds is 8. The monoisotopic (exact) mass is 560 g/mol. The molecule has 3 aliphatic rings. The van der Waals surface area contributed by atoms with Crippen molar-refractivity contribution >= 4 is 28.5 Å². The minimum atomic E-state index is 0.0321. The van der Waals surface area contributed by atoms with Crippen LogP contribution in [-0.2, 0) is 20.1 Å². The zero-order chi connectivity index (χ0) is 27.3. The van der Waals surface area contributed by atoms with Crippen molar-refractivity contribution < 1.29 is 13.7 Å². The summed E-state index contributed by atoms with van der Waals surface area (Å²) in [4.78, 5) is 18.2. The largest absolute Gasteiger partial charge is 0.489 e. The number of hydrogen-bond acceptors (Lipinski definition) is 10. The normalized spacial score (nSPS) is 21.9. The van der Waals surface area contributed by atoms with Crippen molar-refractivity contribution in [1.29, 1.82) is 5.26 Å². The number of hydrogen-bond donors (Lipinski definition) is 1. The third-order valence-electron chi connectivity index (χ3n) is 7.73. The highest BCUT2D eigenvalue weighted by atomic mass is 32.2. The molecule has 0 aliphatic carbocycles. The van der Waals surface area contributed by atoms with E-state index in [2.05, 4.69) is 48.3 Å². The predicted molar refractivity (Wildman–Crippen MR) is 156 cm³/mol. The minimum Gasteiger partial charge on any atom is -0.489 e. The summed E-state index contributed by atoms with van der Waals surface area (Å²) >= 11 is 0.0321. The Hall–Kier alpha value is -3.43. The predicted octanol–water partition coefficient (Wildman–Crippen LogP) is 3.40. The van der Waals surface area contributed by atoms with Gasteiger partial charge in [0.1, 0.15) is 46.9 Å². The molecule has 0 saturated carbocycles. The maximum atomic E-state index is 9.79. The maximum Gasteiger partial charge on any atom is 0.230 e. The Morgan fingerprint density at radius 2 is 1.80 bits per heavy atom. The SMILES string of the molecule is CO[S+]1CCC(Oc2ccc(-c3ncnc(Nc4ccc(N5CCN(C6COC6)CC5)cc4)n3)cc2C#N)CC1. The van der Waals surface area contributed by atoms with Gasteiger partial charge in [0.15, 0.2) is 5.82 Å². The first kappa shape index (κ1) is 26.8. The Kier molecular flexibility index (Phi) is 8.29. The van der Waals surface area contributed by atoms with Gasteiger partial charge in [0, 0.05) is 56.0 Å². The summed E-state index contributed by atoms with van der Waals surface area (Å²) in [6.07, 6.45) is 3.44. The molecule has 0 spiro atoms. The Balaban J connectivity index is 1.08. The summed E-state index contributed by atoms with van der Waals surface area (Å²) in [5, 5.41) is 13.1. The first-order valence-electron chi connectivity index (χ1n) is 13.7. The molecule has 1 aromatic heterocycles. The van der Waals surface area contributed by atoms with E-state index >= 15 is 0 Å². The molecule has 3 fully saturated rings. The Morgan fingerprint density at radius 3 is 2.48 bits per heavy atom. The fourth-order valence-corrected chi connectivity index (χ4v) is 6.84. The number of anilines is 3. The maximum absolute atomic E-state index is 9.79.